The Balaban J connectivity index is 1.68. The SMILES string of the molecule is C=C(O)C1=CN2C(=CC1=C)c1c3cccc(OC4CCC4)c3nn1CC2C(C)(C)C. The summed E-state index contributed by atoms with van der Waals surface area (Å²) in [6, 6.07) is 6.36. The first-order valence-electron chi connectivity index (χ1n) is 10.7. The molecule has 1 unspecified atom stereocenters. The van der Waals surface area contributed by atoms with Crippen LogP contribution in [0.1, 0.15) is 45.7 Å². The van der Waals surface area contributed by atoms with Gasteiger partial charge in [-0.3, -0.25) is 4.68 Å². The van der Waals surface area contributed by atoms with Crippen molar-refractivity contribution in [1.82, 2.24) is 14.7 Å². The van der Waals surface area contributed by atoms with Gasteiger partial charge < -0.3 is 14.7 Å². The lowest BCUT2D eigenvalue weighted by molar-refractivity contribution is 0.122. The molecule has 3 aliphatic rings. The van der Waals surface area contributed by atoms with E-state index in [1.54, 1.807) is 0 Å². The van der Waals surface area contributed by atoms with E-state index in [0.717, 1.165) is 53.0 Å². The average Bonchev–Trinajstić information content (AvgIpc) is 3.02. The van der Waals surface area contributed by atoms with Crippen LogP contribution in [0.15, 0.2) is 60.5 Å². The molecule has 2 aliphatic heterocycles. The molecule has 5 rings (SSSR count). The summed E-state index contributed by atoms with van der Waals surface area (Å²) < 4.78 is 8.38. The second kappa shape index (κ2) is 6.53. The lowest BCUT2D eigenvalue weighted by Crippen LogP contribution is -2.47. The monoisotopic (exact) mass is 403 g/mol. The number of rotatable bonds is 3. The second-order valence-electron chi connectivity index (χ2n) is 9.69. The molecule has 0 radical (unpaired) electrons. The van der Waals surface area contributed by atoms with E-state index < -0.39 is 0 Å². The van der Waals surface area contributed by atoms with Crippen LogP contribution in [0.5, 0.6) is 5.75 Å². The maximum Gasteiger partial charge on any atom is 0.147 e. The van der Waals surface area contributed by atoms with Gasteiger partial charge in [-0.2, -0.15) is 5.10 Å². The molecular formula is C25H29N3O2. The largest absolute Gasteiger partial charge is 0.508 e. The second-order valence-corrected chi connectivity index (χ2v) is 9.69. The minimum atomic E-state index is -0.00273. The Bertz CT molecular complexity index is 1130. The van der Waals surface area contributed by atoms with Crippen LogP contribution in [0.4, 0.5) is 0 Å². The van der Waals surface area contributed by atoms with Crippen LogP contribution in [0, 0.1) is 5.41 Å². The summed E-state index contributed by atoms with van der Waals surface area (Å²) in [5.41, 5.74) is 4.48. The summed E-state index contributed by atoms with van der Waals surface area (Å²) in [7, 11) is 0. The van der Waals surface area contributed by atoms with Crippen LogP contribution in [0.3, 0.4) is 0 Å². The number of fused-ring (bicyclic) bond motifs is 5. The van der Waals surface area contributed by atoms with Crippen molar-refractivity contribution in [2.75, 3.05) is 0 Å². The lowest BCUT2D eigenvalue weighted by Gasteiger charge is -2.46. The minimum Gasteiger partial charge on any atom is -0.508 e. The van der Waals surface area contributed by atoms with E-state index in [-0.39, 0.29) is 17.2 Å². The number of nitrogens with zero attached hydrogens (tertiary/aromatic N) is 3. The third kappa shape index (κ3) is 2.87. The van der Waals surface area contributed by atoms with Crippen LogP contribution in [0.2, 0.25) is 0 Å². The molecule has 1 fully saturated rings. The summed E-state index contributed by atoms with van der Waals surface area (Å²) in [5.74, 6) is 0.913. The zero-order chi connectivity index (χ0) is 21.2. The highest BCUT2D eigenvalue weighted by atomic mass is 16.5. The molecule has 0 bridgehead atoms. The van der Waals surface area contributed by atoms with Gasteiger partial charge in [0.2, 0.25) is 0 Å². The highest BCUT2D eigenvalue weighted by Gasteiger charge is 2.40. The number of ether oxygens (including phenoxy) is 1. The first-order chi connectivity index (χ1) is 14.2. The quantitative estimate of drug-likeness (QED) is 0.681. The molecule has 3 heterocycles. The van der Waals surface area contributed by atoms with Gasteiger partial charge in [0, 0.05) is 17.2 Å². The van der Waals surface area contributed by atoms with E-state index in [1.807, 2.05) is 24.4 Å². The number of allylic oxidation sites excluding steroid dienone is 2. The highest BCUT2D eigenvalue weighted by molar-refractivity contribution is 5.95. The summed E-state index contributed by atoms with van der Waals surface area (Å²) in [6.07, 6.45) is 7.82. The van der Waals surface area contributed by atoms with E-state index in [9.17, 15) is 5.11 Å². The Morgan fingerprint density at radius 1 is 1.27 bits per heavy atom. The molecule has 1 N–H and O–H groups in total. The molecule has 1 aromatic heterocycles. The molecule has 30 heavy (non-hydrogen) atoms. The topological polar surface area (TPSA) is 50.5 Å². The normalized spacial score (nSPS) is 21.5. The Hall–Kier alpha value is -2.95. The van der Waals surface area contributed by atoms with Crippen LogP contribution < -0.4 is 4.74 Å². The summed E-state index contributed by atoms with van der Waals surface area (Å²) in [5, 5.41) is 16.2. The molecular weight excluding hydrogens is 374 g/mol. The van der Waals surface area contributed by atoms with Crippen LogP contribution in [0.25, 0.3) is 16.6 Å². The van der Waals surface area contributed by atoms with Gasteiger partial charge in [-0.15, -0.1) is 0 Å². The number of benzene rings is 1. The van der Waals surface area contributed by atoms with Gasteiger partial charge in [0.15, 0.2) is 0 Å². The van der Waals surface area contributed by atoms with E-state index in [1.165, 1.54) is 6.42 Å². The Morgan fingerprint density at radius 3 is 2.67 bits per heavy atom. The van der Waals surface area contributed by atoms with Gasteiger partial charge in [0.1, 0.15) is 17.0 Å². The predicted molar refractivity (Wildman–Crippen MR) is 120 cm³/mol. The van der Waals surface area contributed by atoms with Crippen molar-refractivity contribution < 1.29 is 9.84 Å². The van der Waals surface area contributed by atoms with Crippen molar-refractivity contribution in [3.63, 3.8) is 0 Å². The fraction of sp³-hybridized carbons (Fsp3) is 0.400. The average molecular weight is 404 g/mol. The van der Waals surface area contributed by atoms with Crippen molar-refractivity contribution in [3.05, 3.63) is 66.2 Å². The molecule has 0 saturated heterocycles. The van der Waals surface area contributed by atoms with Crippen LogP contribution >= 0.6 is 0 Å². The van der Waals surface area contributed by atoms with Gasteiger partial charge in [-0.25, -0.2) is 0 Å². The minimum absolute atomic E-state index is 0.00273. The third-order valence-corrected chi connectivity index (χ3v) is 6.52. The van der Waals surface area contributed by atoms with Crippen molar-refractivity contribution in [1.29, 1.82) is 0 Å². The zero-order valence-corrected chi connectivity index (χ0v) is 18.0. The summed E-state index contributed by atoms with van der Waals surface area (Å²) in [6.45, 7) is 15.3. The van der Waals surface area contributed by atoms with Gasteiger partial charge in [0.25, 0.3) is 0 Å². The van der Waals surface area contributed by atoms with Crippen molar-refractivity contribution in [2.45, 2.75) is 58.7 Å². The van der Waals surface area contributed by atoms with E-state index in [2.05, 4.69) is 49.6 Å². The maximum absolute atomic E-state index is 10.1. The standard InChI is InChI=1S/C25H29N3O2/c1-15-12-20-24-18-10-7-11-21(30-17-8-6-9-17)23(18)26-28(24)14-22(25(3,4)5)27(20)13-19(15)16(2)29/h7,10-13,17,22,29H,1-2,6,8-9,14H2,3-5H3. The molecule has 5 heteroatoms. The number of aliphatic hydroxyl groups excluding tert-OH is 1. The Kier molecular flexibility index (Phi) is 4.14. The van der Waals surface area contributed by atoms with Gasteiger partial charge in [-0.05, 0) is 42.4 Å². The van der Waals surface area contributed by atoms with Crippen molar-refractivity contribution >= 4 is 16.6 Å². The summed E-state index contributed by atoms with van der Waals surface area (Å²) in [4.78, 5) is 2.27. The molecule has 1 saturated carbocycles. The Morgan fingerprint density at radius 2 is 2.03 bits per heavy atom. The molecule has 156 valence electrons. The van der Waals surface area contributed by atoms with Gasteiger partial charge >= 0.3 is 0 Å². The Labute approximate surface area is 177 Å². The van der Waals surface area contributed by atoms with Gasteiger partial charge in [0.05, 0.1) is 30.1 Å². The molecule has 0 spiro atoms. The van der Waals surface area contributed by atoms with Crippen molar-refractivity contribution in [2.24, 2.45) is 5.41 Å². The number of hydrogen-bond acceptors (Lipinski definition) is 4. The summed E-state index contributed by atoms with van der Waals surface area (Å²) >= 11 is 0. The molecule has 2 aromatic rings. The smallest absolute Gasteiger partial charge is 0.147 e. The van der Waals surface area contributed by atoms with Crippen molar-refractivity contribution in [3.8, 4) is 5.75 Å². The van der Waals surface area contributed by atoms with Crippen LogP contribution in [-0.2, 0) is 6.54 Å². The molecule has 1 aliphatic carbocycles. The highest BCUT2D eigenvalue weighted by Crippen LogP contribution is 2.44. The fourth-order valence-corrected chi connectivity index (χ4v) is 4.55. The van der Waals surface area contributed by atoms with E-state index >= 15 is 0 Å². The molecule has 1 atom stereocenters. The number of aromatic nitrogens is 2. The number of aliphatic hydroxyl groups is 1. The molecule has 1 aromatic carbocycles. The molecule has 0 amide bonds. The first-order valence-corrected chi connectivity index (χ1v) is 10.7. The van der Waals surface area contributed by atoms with Gasteiger partial charge in [-0.1, -0.05) is 46.1 Å². The molecule has 5 nitrogen and oxygen atoms in total. The van der Waals surface area contributed by atoms with E-state index in [0.29, 0.717) is 11.7 Å². The van der Waals surface area contributed by atoms with E-state index in [4.69, 9.17) is 9.84 Å². The lowest BCUT2D eigenvalue weighted by atomic mass is 9.82. The van der Waals surface area contributed by atoms with Crippen LogP contribution in [-0.4, -0.2) is 31.9 Å². The predicted octanol–water partition coefficient (Wildman–Crippen LogP) is 5.56. The zero-order valence-electron chi connectivity index (χ0n) is 18.0. The fourth-order valence-electron chi connectivity index (χ4n) is 4.55. The number of hydrogen-bond donors (Lipinski definition) is 1. The first kappa shape index (κ1) is 19.0. The maximum atomic E-state index is 10.1. The third-order valence-electron chi connectivity index (χ3n) is 6.52.